The third-order valence-corrected chi connectivity index (χ3v) is 4.47. The van der Waals surface area contributed by atoms with E-state index in [9.17, 15) is 4.79 Å². The highest BCUT2D eigenvalue weighted by Crippen LogP contribution is 2.20. The Bertz CT molecular complexity index is 552. The molecule has 0 aliphatic rings. The van der Waals surface area contributed by atoms with Crippen LogP contribution in [-0.4, -0.2) is 39.9 Å². The number of aromatic nitrogens is 2. The number of carbonyl (C=O) groups excluding carboxylic acids is 1. The van der Waals surface area contributed by atoms with Crippen LogP contribution in [0.3, 0.4) is 0 Å². The van der Waals surface area contributed by atoms with Crippen molar-refractivity contribution in [3.05, 3.63) is 30.1 Å². The van der Waals surface area contributed by atoms with Gasteiger partial charge in [-0.2, -0.15) is 23.5 Å². The van der Waals surface area contributed by atoms with E-state index in [4.69, 9.17) is 0 Å². The van der Waals surface area contributed by atoms with Crippen molar-refractivity contribution < 1.29 is 4.79 Å². The Kier molecular flexibility index (Phi) is 6.45. The fourth-order valence-electron chi connectivity index (χ4n) is 2.11. The standard InChI is InChI=1S/C15H21N3OS2/c1-20-9-7-13(16-14(19)8-10-21-2)15-17-11-5-3-4-6-12(11)18-15/h3-6,13H,7-10H2,1-2H3,(H,16,19)(H,17,18)/t13-/m0/s1. The van der Waals surface area contributed by atoms with Gasteiger partial charge in [0.25, 0.3) is 0 Å². The minimum Gasteiger partial charge on any atom is -0.346 e. The molecule has 1 atom stereocenters. The number of imidazole rings is 1. The number of fused-ring (bicyclic) bond motifs is 1. The van der Waals surface area contributed by atoms with Crippen molar-refractivity contribution in [1.82, 2.24) is 15.3 Å². The van der Waals surface area contributed by atoms with Gasteiger partial charge in [-0.25, -0.2) is 4.98 Å². The molecule has 0 unspecified atom stereocenters. The number of hydrogen-bond acceptors (Lipinski definition) is 4. The molecule has 1 amide bonds. The van der Waals surface area contributed by atoms with E-state index in [0.29, 0.717) is 6.42 Å². The van der Waals surface area contributed by atoms with Crippen LogP contribution < -0.4 is 5.32 Å². The van der Waals surface area contributed by atoms with Crippen molar-refractivity contribution in [3.8, 4) is 0 Å². The molecular weight excluding hydrogens is 302 g/mol. The van der Waals surface area contributed by atoms with Gasteiger partial charge in [-0.1, -0.05) is 12.1 Å². The molecule has 2 aromatic rings. The summed E-state index contributed by atoms with van der Waals surface area (Å²) in [6.07, 6.45) is 5.52. The van der Waals surface area contributed by atoms with Crippen LogP contribution in [0.25, 0.3) is 11.0 Å². The molecule has 1 aromatic carbocycles. The van der Waals surface area contributed by atoms with E-state index in [0.717, 1.165) is 34.8 Å². The van der Waals surface area contributed by atoms with Crippen molar-refractivity contribution in [2.24, 2.45) is 0 Å². The third-order valence-electron chi connectivity index (χ3n) is 3.22. The van der Waals surface area contributed by atoms with Crippen molar-refractivity contribution in [1.29, 1.82) is 0 Å². The highest BCUT2D eigenvalue weighted by molar-refractivity contribution is 7.98. The summed E-state index contributed by atoms with van der Waals surface area (Å²) in [5.74, 6) is 2.78. The lowest BCUT2D eigenvalue weighted by Gasteiger charge is -2.16. The molecule has 6 heteroatoms. The van der Waals surface area contributed by atoms with E-state index < -0.39 is 0 Å². The second-order valence-corrected chi connectivity index (χ2v) is 6.75. The summed E-state index contributed by atoms with van der Waals surface area (Å²) in [5.41, 5.74) is 1.96. The SMILES string of the molecule is CSCCC(=O)N[C@@H](CCSC)c1nc2ccccc2[nH]1. The molecule has 0 fully saturated rings. The number of amides is 1. The molecule has 0 radical (unpaired) electrons. The smallest absolute Gasteiger partial charge is 0.221 e. The lowest BCUT2D eigenvalue weighted by molar-refractivity contribution is -0.121. The monoisotopic (exact) mass is 323 g/mol. The fraction of sp³-hybridized carbons (Fsp3) is 0.467. The maximum atomic E-state index is 12.0. The second kappa shape index (κ2) is 8.34. The number of H-pyrrole nitrogens is 1. The van der Waals surface area contributed by atoms with Crippen LogP contribution in [0.5, 0.6) is 0 Å². The molecule has 0 bridgehead atoms. The average molecular weight is 323 g/mol. The van der Waals surface area contributed by atoms with Gasteiger partial charge in [0.15, 0.2) is 0 Å². The fourth-order valence-corrected chi connectivity index (χ4v) is 2.97. The summed E-state index contributed by atoms with van der Waals surface area (Å²) in [6, 6.07) is 7.90. The molecule has 21 heavy (non-hydrogen) atoms. The Labute approximate surface area is 133 Å². The van der Waals surface area contributed by atoms with Crippen LogP contribution in [0.1, 0.15) is 24.7 Å². The molecule has 1 heterocycles. The highest BCUT2D eigenvalue weighted by Gasteiger charge is 2.17. The van der Waals surface area contributed by atoms with Gasteiger partial charge in [0.1, 0.15) is 5.82 Å². The van der Waals surface area contributed by atoms with Gasteiger partial charge >= 0.3 is 0 Å². The van der Waals surface area contributed by atoms with Crippen LogP contribution in [0.15, 0.2) is 24.3 Å². The number of aromatic amines is 1. The minimum absolute atomic E-state index is 0.0424. The van der Waals surface area contributed by atoms with E-state index in [2.05, 4.69) is 21.5 Å². The normalized spacial score (nSPS) is 12.5. The van der Waals surface area contributed by atoms with Gasteiger partial charge in [-0.3, -0.25) is 4.79 Å². The lowest BCUT2D eigenvalue weighted by atomic mass is 10.2. The Morgan fingerprint density at radius 3 is 2.76 bits per heavy atom. The van der Waals surface area contributed by atoms with E-state index >= 15 is 0 Å². The molecule has 0 spiro atoms. The summed E-state index contributed by atoms with van der Waals surface area (Å²) >= 11 is 3.47. The molecule has 4 nitrogen and oxygen atoms in total. The Morgan fingerprint density at radius 1 is 1.29 bits per heavy atom. The number of nitrogens with one attached hydrogen (secondary N) is 2. The molecule has 2 N–H and O–H groups in total. The van der Waals surface area contributed by atoms with Gasteiger partial charge in [0.2, 0.25) is 5.91 Å². The zero-order chi connectivity index (χ0) is 15.1. The number of benzene rings is 1. The average Bonchev–Trinajstić information content (AvgIpc) is 2.93. The second-order valence-electron chi connectivity index (χ2n) is 4.78. The summed E-state index contributed by atoms with van der Waals surface area (Å²) < 4.78 is 0. The molecule has 0 saturated heterocycles. The first-order chi connectivity index (χ1) is 10.2. The van der Waals surface area contributed by atoms with Crippen LogP contribution in [0.4, 0.5) is 0 Å². The number of thioether (sulfide) groups is 2. The number of carbonyl (C=O) groups is 1. The van der Waals surface area contributed by atoms with Crippen molar-refractivity contribution in [2.75, 3.05) is 24.0 Å². The van der Waals surface area contributed by atoms with Crippen molar-refractivity contribution >= 4 is 40.5 Å². The van der Waals surface area contributed by atoms with E-state index in [1.165, 1.54) is 0 Å². The summed E-state index contributed by atoms with van der Waals surface area (Å²) in [4.78, 5) is 19.9. The first-order valence-electron chi connectivity index (χ1n) is 6.96. The highest BCUT2D eigenvalue weighted by atomic mass is 32.2. The zero-order valence-corrected chi connectivity index (χ0v) is 14.0. The number of para-hydroxylation sites is 2. The zero-order valence-electron chi connectivity index (χ0n) is 12.4. The Hall–Kier alpha value is -1.14. The molecule has 0 aliphatic heterocycles. The van der Waals surface area contributed by atoms with E-state index in [-0.39, 0.29) is 11.9 Å². The van der Waals surface area contributed by atoms with Crippen molar-refractivity contribution in [3.63, 3.8) is 0 Å². The molecule has 1 aromatic heterocycles. The summed E-state index contributed by atoms with van der Waals surface area (Å²) in [7, 11) is 0. The van der Waals surface area contributed by atoms with Gasteiger partial charge in [0, 0.05) is 12.2 Å². The number of nitrogens with zero attached hydrogens (tertiary/aromatic N) is 1. The minimum atomic E-state index is -0.0424. The van der Waals surface area contributed by atoms with Crippen LogP contribution in [0, 0.1) is 0 Å². The first kappa shape index (κ1) is 16.2. The molecule has 114 valence electrons. The largest absolute Gasteiger partial charge is 0.346 e. The predicted molar refractivity (Wildman–Crippen MR) is 93.0 cm³/mol. The lowest BCUT2D eigenvalue weighted by Crippen LogP contribution is -2.30. The van der Waals surface area contributed by atoms with Gasteiger partial charge in [0.05, 0.1) is 17.1 Å². The number of rotatable bonds is 8. The van der Waals surface area contributed by atoms with Crippen LogP contribution in [0.2, 0.25) is 0 Å². The quantitative estimate of drug-likeness (QED) is 0.783. The Balaban J connectivity index is 2.12. The van der Waals surface area contributed by atoms with Gasteiger partial charge in [-0.05, 0) is 36.8 Å². The van der Waals surface area contributed by atoms with Crippen LogP contribution >= 0.6 is 23.5 Å². The maximum Gasteiger partial charge on any atom is 0.221 e. The maximum absolute atomic E-state index is 12.0. The van der Waals surface area contributed by atoms with Gasteiger partial charge in [-0.15, -0.1) is 0 Å². The molecule has 0 saturated carbocycles. The first-order valence-corrected chi connectivity index (χ1v) is 9.75. The van der Waals surface area contributed by atoms with Crippen molar-refractivity contribution in [2.45, 2.75) is 18.9 Å². The topological polar surface area (TPSA) is 57.8 Å². The Morgan fingerprint density at radius 2 is 2.05 bits per heavy atom. The predicted octanol–water partition coefficient (Wildman–Crippen LogP) is 3.23. The van der Waals surface area contributed by atoms with E-state index in [1.54, 1.807) is 23.5 Å². The molecule has 2 rings (SSSR count). The van der Waals surface area contributed by atoms with Crippen LogP contribution in [-0.2, 0) is 4.79 Å². The number of hydrogen-bond donors (Lipinski definition) is 2. The molecular formula is C15H21N3OS2. The van der Waals surface area contributed by atoms with E-state index in [1.807, 2.05) is 30.5 Å². The molecule has 0 aliphatic carbocycles. The third kappa shape index (κ3) is 4.68. The summed E-state index contributed by atoms with van der Waals surface area (Å²) in [6.45, 7) is 0. The summed E-state index contributed by atoms with van der Waals surface area (Å²) in [5, 5.41) is 3.10. The van der Waals surface area contributed by atoms with Gasteiger partial charge < -0.3 is 10.3 Å².